The molecule has 9 heteroatoms. The second kappa shape index (κ2) is 3.09. The highest BCUT2D eigenvalue weighted by Crippen LogP contribution is 2.99. The molecule has 0 fully saturated rings. The van der Waals surface area contributed by atoms with Crippen molar-refractivity contribution in [1.29, 1.82) is 0 Å². The first-order valence-corrected chi connectivity index (χ1v) is 5.84. The Morgan fingerprint density at radius 2 is 1.79 bits per heavy atom. The average Bonchev–Trinajstić information content (AvgIpc) is 1.75. The summed E-state index contributed by atoms with van der Waals surface area (Å²) in [6.45, 7) is 0.0704. The van der Waals surface area contributed by atoms with Gasteiger partial charge in [-0.2, -0.15) is 0 Å². The number of esters is 1. The van der Waals surface area contributed by atoms with Crippen molar-refractivity contribution in [2.45, 2.75) is 6.92 Å². The van der Waals surface area contributed by atoms with Gasteiger partial charge in [0.15, 0.2) is 0 Å². The van der Waals surface area contributed by atoms with Gasteiger partial charge in [0, 0.05) is 11.4 Å². The molecule has 0 aliphatic rings. The number of hydrogen-bond donors (Lipinski definition) is 0. The highest BCUT2D eigenvalue weighted by Gasteiger charge is 2.61. The molecule has 0 atom stereocenters. The van der Waals surface area contributed by atoms with Crippen LogP contribution in [0.5, 0.6) is 0 Å². The van der Waals surface area contributed by atoms with Crippen molar-refractivity contribution in [3.63, 3.8) is 0 Å². The van der Waals surface area contributed by atoms with Crippen molar-refractivity contribution in [3.8, 4) is 0 Å². The molecule has 0 aliphatic carbocycles. The molecule has 0 amide bonds. The summed E-state index contributed by atoms with van der Waals surface area (Å²) in [5, 5.41) is -1.15. The van der Waals surface area contributed by atoms with Gasteiger partial charge >= 0.3 is 16.2 Å². The number of ether oxygens (including phenoxy) is 1. The van der Waals surface area contributed by atoms with Crippen LogP contribution in [0.15, 0.2) is 9.89 Å². The smallest absolute Gasteiger partial charge is 0.305 e. The van der Waals surface area contributed by atoms with Crippen LogP contribution in [0.2, 0.25) is 0 Å². The van der Waals surface area contributed by atoms with Gasteiger partial charge in [-0.15, -0.1) is 0 Å². The van der Waals surface area contributed by atoms with E-state index in [2.05, 4.69) is 20.7 Å². The summed E-state index contributed by atoms with van der Waals surface area (Å²) in [5.41, 5.74) is 0. The summed E-state index contributed by atoms with van der Waals surface area (Å²) in [6, 6.07) is 0. The Kier molecular flexibility index (Phi) is 3.02. The fraction of sp³-hybridized carbons (Fsp3) is 0.400. The van der Waals surface area contributed by atoms with Crippen LogP contribution >= 0.6 is 26.2 Å². The Hall–Kier alpha value is -0.310. The highest BCUT2D eigenvalue weighted by atomic mass is 79.9. The Labute approximate surface area is 85.0 Å². The molecule has 14 heavy (non-hydrogen) atoms. The van der Waals surface area contributed by atoms with E-state index in [0.717, 1.165) is 6.92 Å². The van der Waals surface area contributed by atoms with Gasteiger partial charge in [0.1, 0.15) is 6.61 Å². The first-order valence-electron chi connectivity index (χ1n) is 3.04. The lowest BCUT2D eigenvalue weighted by Crippen LogP contribution is -2.05. The topological polar surface area (TPSA) is 26.3 Å². The predicted octanol–water partition coefficient (Wildman–Crippen LogP) is 4.08. The summed E-state index contributed by atoms with van der Waals surface area (Å²) in [6.07, 6.45) is 0. The summed E-state index contributed by atoms with van der Waals surface area (Å²) >= 11 is 2.23. The molecule has 0 aromatic rings. The minimum Gasteiger partial charge on any atom is -0.460 e. The molecule has 0 aliphatic heterocycles. The SMILES string of the molecule is CC(=O)OC/C(Br)=C\S(F)(F)(F)(F)F. The van der Waals surface area contributed by atoms with E-state index in [-0.39, 0.29) is 0 Å². The fourth-order valence-corrected chi connectivity index (χ4v) is 2.17. The number of carbonyl (C=O) groups excluding carboxylic acids is 1. The molecule has 0 spiro atoms. The van der Waals surface area contributed by atoms with Crippen LogP contribution < -0.4 is 0 Å². The van der Waals surface area contributed by atoms with Crippen molar-refractivity contribution < 1.29 is 29.0 Å². The van der Waals surface area contributed by atoms with Crippen molar-refractivity contribution in [2.75, 3.05) is 6.61 Å². The maximum atomic E-state index is 11.7. The van der Waals surface area contributed by atoms with Crippen LogP contribution in [-0.2, 0) is 9.53 Å². The third-order valence-electron chi connectivity index (χ3n) is 0.764. The predicted molar refractivity (Wildman–Crippen MR) is 46.8 cm³/mol. The minimum atomic E-state index is -9.58. The van der Waals surface area contributed by atoms with Gasteiger partial charge in [0.25, 0.3) is 0 Å². The molecule has 86 valence electrons. The molecule has 0 bridgehead atoms. The summed E-state index contributed by atoms with van der Waals surface area (Å²) in [5.74, 6) is -0.863. The maximum Gasteiger partial charge on any atom is 0.305 e. The van der Waals surface area contributed by atoms with Crippen LogP contribution in [0.4, 0.5) is 19.4 Å². The Morgan fingerprint density at radius 1 is 1.36 bits per heavy atom. The van der Waals surface area contributed by atoms with Gasteiger partial charge < -0.3 is 4.74 Å². The normalized spacial score (nSPS) is 18.4. The molecule has 0 aromatic carbocycles. The van der Waals surface area contributed by atoms with E-state index < -0.39 is 32.7 Å². The zero-order chi connectivity index (χ0) is 11.7. The lowest BCUT2D eigenvalue weighted by Gasteiger charge is -2.37. The second-order valence-corrected chi connectivity index (χ2v) is 5.69. The molecule has 0 unspecified atom stereocenters. The van der Waals surface area contributed by atoms with Crippen molar-refractivity contribution in [1.82, 2.24) is 0 Å². The molecule has 0 radical (unpaired) electrons. The van der Waals surface area contributed by atoms with Gasteiger partial charge in [-0.1, -0.05) is 35.4 Å². The fourth-order valence-electron chi connectivity index (χ4n) is 0.446. The molecule has 0 saturated carbocycles. The van der Waals surface area contributed by atoms with E-state index >= 15 is 0 Å². The molecule has 0 N–H and O–H groups in total. The molecule has 0 saturated heterocycles. The van der Waals surface area contributed by atoms with E-state index in [1.54, 1.807) is 0 Å². The van der Waals surface area contributed by atoms with E-state index in [0.29, 0.717) is 0 Å². The van der Waals surface area contributed by atoms with Crippen molar-refractivity contribution in [2.24, 2.45) is 0 Å². The van der Waals surface area contributed by atoms with E-state index in [1.807, 2.05) is 0 Å². The largest absolute Gasteiger partial charge is 0.460 e. The molecular weight excluding hydrogens is 299 g/mol. The van der Waals surface area contributed by atoms with Crippen LogP contribution in [-0.4, -0.2) is 12.6 Å². The third-order valence-corrected chi connectivity index (χ3v) is 2.25. The van der Waals surface area contributed by atoms with Crippen LogP contribution in [0.25, 0.3) is 0 Å². The number of hydrogen-bond acceptors (Lipinski definition) is 2. The molecule has 2 nitrogen and oxygen atoms in total. The lowest BCUT2D eigenvalue weighted by molar-refractivity contribution is -0.139. The van der Waals surface area contributed by atoms with Gasteiger partial charge in [0.05, 0.1) is 5.41 Å². The van der Waals surface area contributed by atoms with Gasteiger partial charge in [-0.3, -0.25) is 4.79 Å². The van der Waals surface area contributed by atoms with E-state index in [1.165, 1.54) is 0 Å². The Balaban J connectivity index is 4.63. The Morgan fingerprint density at radius 3 is 2.07 bits per heavy atom. The monoisotopic (exact) mass is 304 g/mol. The second-order valence-electron chi connectivity index (χ2n) is 2.37. The maximum absolute atomic E-state index is 11.7. The molecule has 0 heterocycles. The summed E-state index contributed by atoms with van der Waals surface area (Å²) in [4.78, 5) is 10.1. The standard InChI is InChI=1S/C5H6BrF5O2S/c1-4(12)13-2-5(6)3-14(7,8,9,10)11/h3H,2H2,1H3/b5-3+. The average molecular weight is 305 g/mol. The van der Waals surface area contributed by atoms with E-state index in [9.17, 15) is 24.2 Å². The minimum absolute atomic E-state index is 0.863. The summed E-state index contributed by atoms with van der Waals surface area (Å²) in [7, 11) is -9.58. The van der Waals surface area contributed by atoms with Crippen molar-refractivity contribution >= 4 is 32.1 Å². The lowest BCUT2D eigenvalue weighted by atomic mass is 10.7. The number of rotatable bonds is 3. The highest BCUT2D eigenvalue weighted by molar-refractivity contribution is 9.11. The quantitative estimate of drug-likeness (QED) is 0.580. The molecule has 0 rings (SSSR count). The van der Waals surface area contributed by atoms with Crippen molar-refractivity contribution in [3.05, 3.63) is 9.89 Å². The van der Waals surface area contributed by atoms with Gasteiger partial charge in [-0.05, 0) is 0 Å². The number of carbonyl (C=O) groups is 1. The first kappa shape index (κ1) is 13.7. The zero-order valence-corrected chi connectivity index (χ0v) is 9.18. The van der Waals surface area contributed by atoms with Crippen LogP contribution in [0.3, 0.4) is 0 Å². The zero-order valence-electron chi connectivity index (χ0n) is 6.78. The number of halogens is 6. The van der Waals surface area contributed by atoms with Gasteiger partial charge in [0.2, 0.25) is 0 Å². The Bertz CT molecular complexity index is 280. The van der Waals surface area contributed by atoms with Crippen LogP contribution in [0.1, 0.15) is 6.92 Å². The summed E-state index contributed by atoms with van der Waals surface area (Å²) < 4.78 is 61.8. The first-order chi connectivity index (χ1) is 5.79. The van der Waals surface area contributed by atoms with Crippen LogP contribution in [0, 0.1) is 0 Å². The molecule has 0 aromatic heterocycles. The van der Waals surface area contributed by atoms with E-state index in [4.69, 9.17) is 0 Å². The van der Waals surface area contributed by atoms with Gasteiger partial charge in [-0.25, -0.2) is 0 Å². The third kappa shape index (κ3) is 9.78. The molecular formula is C5H6BrF5O2S.